The van der Waals surface area contributed by atoms with Crippen LogP contribution in [-0.4, -0.2) is 11.6 Å². The first kappa shape index (κ1) is 9.48. The second-order valence-electron chi connectivity index (χ2n) is 3.79. The van der Waals surface area contributed by atoms with E-state index < -0.39 is 0 Å². The van der Waals surface area contributed by atoms with Gasteiger partial charge in [-0.2, -0.15) is 0 Å². The van der Waals surface area contributed by atoms with Crippen LogP contribution in [0.3, 0.4) is 0 Å². The summed E-state index contributed by atoms with van der Waals surface area (Å²) in [6, 6.07) is 4.23. The molecule has 0 fully saturated rings. The number of hydrogen-bond acceptors (Lipinski definition) is 2. The van der Waals surface area contributed by atoms with Crippen LogP contribution in [-0.2, 0) is 0 Å². The largest absolute Gasteiger partial charge is 0.491 e. The molecule has 15 heavy (non-hydrogen) atoms. The zero-order valence-electron chi connectivity index (χ0n) is 8.21. The van der Waals surface area contributed by atoms with E-state index >= 15 is 0 Å². The van der Waals surface area contributed by atoms with Crippen LogP contribution in [0.4, 0.5) is 0 Å². The predicted octanol–water partition coefficient (Wildman–Crippen LogP) is 3.67. The Morgan fingerprint density at radius 3 is 3.13 bits per heavy atom. The van der Waals surface area contributed by atoms with Crippen LogP contribution in [0, 0.1) is 6.92 Å². The first-order valence-corrected chi connectivity index (χ1v) is 6.47. The van der Waals surface area contributed by atoms with Crippen LogP contribution in [0.1, 0.15) is 22.1 Å². The lowest BCUT2D eigenvalue weighted by Gasteiger charge is -2.04. The molecule has 2 aromatic rings. The average molecular weight is 284 g/mol. The van der Waals surface area contributed by atoms with Gasteiger partial charge in [0.15, 0.2) is 0 Å². The summed E-state index contributed by atoms with van der Waals surface area (Å²) in [6.07, 6.45) is 0. The highest BCUT2D eigenvalue weighted by Crippen LogP contribution is 2.41. The van der Waals surface area contributed by atoms with Crippen molar-refractivity contribution < 1.29 is 4.74 Å². The van der Waals surface area contributed by atoms with Gasteiger partial charge in [-0.1, -0.05) is 0 Å². The number of aromatic amines is 1. The van der Waals surface area contributed by atoms with E-state index in [1.165, 1.54) is 16.1 Å². The molecule has 0 saturated heterocycles. The highest BCUT2D eigenvalue weighted by Gasteiger charge is 2.28. The second-order valence-corrected chi connectivity index (χ2v) is 5.58. The summed E-state index contributed by atoms with van der Waals surface area (Å²) in [5.41, 5.74) is 2.53. The van der Waals surface area contributed by atoms with Crippen LogP contribution in [0.25, 0.3) is 0 Å². The topological polar surface area (TPSA) is 25.0 Å². The number of H-pyrrole nitrogens is 1. The quantitative estimate of drug-likeness (QED) is 0.849. The molecule has 1 aliphatic heterocycles. The summed E-state index contributed by atoms with van der Waals surface area (Å²) in [7, 11) is 0. The van der Waals surface area contributed by atoms with Crippen molar-refractivity contribution >= 4 is 27.3 Å². The molecule has 0 aliphatic carbocycles. The maximum atomic E-state index is 5.64. The Balaban J connectivity index is 2.02. The van der Waals surface area contributed by atoms with Gasteiger partial charge in [-0.3, -0.25) is 0 Å². The van der Waals surface area contributed by atoms with Gasteiger partial charge < -0.3 is 9.72 Å². The Morgan fingerprint density at radius 2 is 2.40 bits per heavy atom. The highest BCUT2D eigenvalue weighted by atomic mass is 79.9. The van der Waals surface area contributed by atoms with E-state index in [0.717, 1.165) is 17.0 Å². The zero-order valence-corrected chi connectivity index (χ0v) is 10.6. The summed E-state index contributed by atoms with van der Waals surface area (Å²) in [6.45, 7) is 2.88. The smallest absolute Gasteiger partial charge is 0.141 e. The van der Waals surface area contributed by atoms with Crippen molar-refractivity contribution in [2.45, 2.75) is 12.8 Å². The molecule has 4 heteroatoms. The van der Waals surface area contributed by atoms with E-state index in [0.29, 0.717) is 5.92 Å². The fraction of sp³-hybridized carbons (Fsp3) is 0.273. The van der Waals surface area contributed by atoms with Gasteiger partial charge in [0.25, 0.3) is 0 Å². The minimum absolute atomic E-state index is 0.380. The van der Waals surface area contributed by atoms with Crippen LogP contribution in [0.5, 0.6) is 5.75 Å². The summed E-state index contributed by atoms with van der Waals surface area (Å²) >= 11 is 5.24. The Morgan fingerprint density at radius 1 is 1.53 bits per heavy atom. The Kier molecular flexibility index (Phi) is 2.14. The lowest BCUT2D eigenvalue weighted by atomic mass is 10.1. The van der Waals surface area contributed by atoms with Gasteiger partial charge in [0.1, 0.15) is 12.4 Å². The van der Waals surface area contributed by atoms with Gasteiger partial charge in [0.2, 0.25) is 0 Å². The molecule has 2 aromatic heterocycles. The number of hydrogen-bond donors (Lipinski definition) is 1. The van der Waals surface area contributed by atoms with Crippen molar-refractivity contribution in [3.05, 3.63) is 38.3 Å². The van der Waals surface area contributed by atoms with Crippen molar-refractivity contribution in [1.29, 1.82) is 0 Å². The molecular formula is C11H10BrNOS. The zero-order chi connectivity index (χ0) is 10.4. The number of ether oxygens (including phenoxy) is 1. The predicted molar refractivity (Wildman–Crippen MR) is 64.9 cm³/mol. The molecule has 1 aliphatic rings. The van der Waals surface area contributed by atoms with E-state index in [2.05, 4.69) is 39.3 Å². The first-order valence-electron chi connectivity index (χ1n) is 4.80. The summed E-state index contributed by atoms with van der Waals surface area (Å²) in [5.74, 6) is 1.36. The maximum Gasteiger partial charge on any atom is 0.141 e. The second kappa shape index (κ2) is 3.39. The van der Waals surface area contributed by atoms with Gasteiger partial charge >= 0.3 is 0 Å². The van der Waals surface area contributed by atoms with Crippen LogP contribution in [0.2, 0.25) is 0 Å². The van der Waals surface area contributed by atoms with Crippen molar-refractivity contribution in [2.24, 2.45) is 0 Å². The lowest BCUT2D eigenvalue weighted by Crippen LogP contribution is -2.01. The Bertz CT molecular complexity index is 502. The van der Waals surface area contributed by atoms with Crippen molar-refractivity contribution in [1.82, 2.24) is 4.98 Å². The van der Waals surface area contributed by atoms with Crippen molar-refractivity contribution in [2.75, 3.05) is 6.61 Å². The monoisotopic (exact) mass is 283 g/mol. The third kappa shape index (κ3) is 1.52. The average Bonchev–Trinajstić information content (AvgIpc) is 2.80. The van der Waals surface area contributed by atoms with Gasteiger partial charge in [-0.05, 0) is 39.9 Å². The fourth-order valence-corrected chi connectivity index (χ4v) is 3.33. The molecule has 0 saturated carbocycles. The van der Waals surface area contributed by atoms with Crippen LogP contribution < -0.4 is 4.74 Å². The summed E-state index contributed by atoms with van der Waals surface area (Å²) < 4.78 is 6.63. The molecular weight excluding hydrogens is 274 g/mol. The number of rotatable bonds is 1. The maximum absolute atomic E-state index is 5.64. The molecule has 1 atom stereocenters. The number of aromatic nitrogens is 1. The molecule has 3 heterocycles. The summed E-state index contributed by atoms with van der Waals surface area (Å²) in [4.78, 5) is 4.69. The molecule has 2 nitrogen and oxygen atoms in total. The van der Waals surface area contributed by atoms with Gasteiger partial charge in [-0.15, -0.1) is 11.3 Å². The SMILES string of the molecule is Cc1csc(C2COc3cc(Br)[nH]c32)c1. The normalized spacial score (nSPS) is 18.9. The van der Waals surface area contributed by atoms with E-state index in [4.69, 9.17) is 4.74 Å². The third-order valence-electron chi connectivity index (χ3n) is 2.63. The molecule has 1 unspecified atom stereocenters. The minimum atomic E-state index is 0.380. The first-order chi connectivity index (χ1) is 7.24. The van der Waals surface area contributed by atoms with Gasteiger partial charge in [0.05, 0.1) is 16.2 Å². The third-order valence-corrected chi connectivity index (χ3v) is 4.22. The van der Waals surface area contributed by atoms with Crippen LogP contribution >= 0.6 is 27.3 Å². The summed E-state index contributed by atoms with van der Waals surface area (Å²) in [5, 5.41) is 2.19. The minimum Gasteiger partial charge on any atom is -0.491 e. The molecule has 0 aromatic carbocycles. The molecule has 0 radical (unpaired) electrons. The number of thiophene rings is 1. The number of halogens is 1. The standard InChI is InChI=1S/C11H10BrNOS/c1-6-2-9(15-5-6)7-4-14-8-3-10(12)13-11(7)8/h2-3,5,7,13H,4H2,1H3. The number of fused-ring (bicyclic) bond motifs is 1. The van der Waals surface area contributed by atoms with E-state index in [9.17, 15) is 0 Å². The van der Waals surface area contributed by atoms with E-state index in [1.807, 2.05) is 6.07 Å². The van der Waals surface area contributed by atoms with Crippen molar-refractivity contribution in [3.63, 3.8) is 0 Å². The van der Waals surface area contributed by atoms with E-state index in [-0.39, 0.29) is 0 Å². The molecule has 78 valence electrons. The Hall–Kier alpha value is -0.740. The number of aryl methyl sites for hydroxylation is 1. The molecule has 1 N–H and O–H groups in total. The molecule has 0 amide bonds. The van der Waals surface area contributed by atoms with Crippen LogP contribution in [0.15, 0.2) is 22.1 Å². The number of nitrogens with one attached hydrogen (secondary N) is 1. The molecule has 0 bridgehead atoms. The molecule has 3 rings (SSSR count). The van der Waals surface area contributed by atoms with Gasteiger partial charge in [-0.25, -0.2) is 0 Å². The Labute approximate surface area is 100 Å². The molecule has 0 spiro atoms. The lowest BCUT2D eigenvalue weighted by molar-refractivity contribution is 0.343. The van der Waals surface area contributed by atoms with E-state index in [1.54, 1.807) is 11.3 Å². The fourth-order valence-electron chi connectivity index (χ4n) is 1.91. The van der Waals surface area contributed by atoms with Gasteiger partial charge in [0, 0.05) is 10.9 Å². The highest BCUT2D eigenvalue weighted by molar-refractivity contribution is 9.10. The van der Waals surface area contributed by atoms with Crippen molar-refractivity contribution in [3.8, 4) is 5.75 Å².